The van der Waals surface area contributed by atoms with Gasteiger partial charge in [-0.1, -0.05) is 20.3 Å². The maximum Gasteiger partial charge on any atom is 0.184 e. The van der Waals surface area contributed by atoms with Crippen molar-refractivity contribution >= 4 is 17.0 Å². The van der Waals surface area contributed by atoms with E-state index < -0.39 is 6.10 Å². The topological polar surface area (TPSA) is 88.8 Å². The van der Waals surface area contributed by atoms with Gasteiger partial charge in [0.1, 0.15) is 17.3 Å². The number of hydrogen-bond donors (Lipinski definition) is 2. The van der Waals surface area contributed by atoms with E-state index in [0.717, 1.165) is 22.9 Å². The van der Waals surface area contributed by atoms with Crippen molar-refractivity contribution in [3.05, 3.63) is 29.7 Å². The second-order valence-corrected chi connectivity index (χ2v) is 8.53. The van der Waals surface area contributed by atoms with Crippen molar-refractivity contribution in [3.8, 4) is 11.5 Å². The molecule has 0 bridgehead atoms. The number of aliphatic hydroxyl groups excluding tert-OH is 1. The molecule has 2 N–H and O–H groups in total. The molecule has 0 saturated heterocycles. The molecule has 154 valence electrons. The van der Waals surface area contributed by atoms with E-state index in [4.69, 9.17) is 4.98 Å². The molecule has 4 rings (SSSR count). The van der Waals surface area contributed by atoms with Crippen molar-refractivity contribution in [2.45, 2.75) is 65.0 Å². The summed E-state index contributed by atoms with van der Waals surface area (Å²) in [4.78, 5) is 18.5. The van der Waals surface area contributed by atoms with E-state index in [1.54, 1.807) is 6.92 Å². The Morgan fingerprint density at radius 1 is 1.14 bits per heavy atom. The summed E-state index contributed by atoms with van der Waals surface area (Å²) in [6.07, 6.45) is 4.85. The third-order valence-corrected chi connectivity index (χ3v) is 6.02. The Balaban J connectivity index is 1.83. The number of aromatic nitrogens is 5. The molecular formula is C22H30N6O. The molecule has 3 aromatic heterocycles. The molecule has 0 radical (unpaired) electrons. The normalized spacial score (nSPS) is 16.8. The van der Waals surface area contributed by atoms with Crippen molar-refractivity contribution in [3.63, 3.8) is 0 Å². The number of aliphatic hydroxyl groups is 1. The third-order valence-electron chi connectivity index (χ3n) is 6.02. The largest absolute Gasteiger partial charge is 0.385 e. The van der Waals surface area contributed by atoms with Gasteiger partial charge in [0.15, 0.2) is 23.1 Å². The first-order valence-electron chi connectivity index (χ1n) is 10.5. The smallest absolute Gasteiger partial charge is 0.184 e. The fourth-order valence-corrected chi connectivity index (χ4v) is 3.85. The lowest BCUT2D eigenvalue weighted by molar-refractivity contribution is 0.189. The summed E-state index contributed by atoms with van der Waals surface area (Å²) in [6.45, 7) is 8.21. The first-order chi connectivity index (χ1) is 13.8. The number of hydrogen-bond acceptors (Lipinski definition) is 6. The molecule has 0 aromatic carbocycles. The van der Waals surface area contributed by atoms with Crippen LogP contribution >= 0.6 is 0 Å². The Hall–Kier alpha value is -2.54. The highest BCUT2D eigenvalue weighted by Crippen LogP contribution is 2.33. The van der Waals surface area contributed by atoms with Gasteiger partial charge in [-0.05, 0) is 56.2 Å². The average Bonchev–Trinajstić information content (AvgIpc) is 2.97. The van der Waals surface area contributed by atoms with Crippen LogP contribution in [0.1, 0.15) is 70.4 Å². The van der Waals surface area contributed by atoms with Gasteiger partial charge in [-0.25, -0.2) is 15.0 Å². The van der Waals surface area contributed by atoms with E-state index >= 15 is 0 Å². The first-order valence-corrected chi connectivity index (χ1v) is 10.5. The molecular weight excluding hydrogens is 364 g/mol. The molecule has 0 spiro atoms. The van der Waals surface area contributed by atoms with Gasteiger partial charge in [0, 0.05) is 19.3 Å². The second-order valence-electron chi connectivity index (χ2n) is 8.53. The van der Waals surface area contributed by atoms with Gasteiger partial charge in [0.25, 0.3) is 0 Å². The minimum Gasteiger partial charge on any atom is -0.385 e. The number of aryl methyl sites for hydroxylation is 1. The average molecular weight is 395 g/mol. The molecule has 3 aromatic rings. The third kappa shape index (κ3) is 3.71. The number of pyridine rings is 1. The maximum absolute atomic E-state index is 10.1. The summed E-state index contributed by atoms with van der Waals surface area (Å²) in [5.74, 6) is 2.93. The van der Waals surface area contributed by atoms with Crippen LogP contribution in [0.15, 0.2) is 18.3 Å². The number of imidazole rings is 1. The predicted molar refractivity (Wildman–Crippen MR) is 115 cm³/mol. The van der Waals surface area contributed by atoms with Crippen LogP contribution < -0.4 is 5.32 Å². The molecule has 1 saturated carbocycles. The first kappa shape index (κ1) is 19.8. The van der Waals surface area contributed by atoms with Crippen LogP contribution in [0, 0.1) is 5.92 Å². The minimum absolute atomic E-state index is 0.310. The van der Waals surface area contributed by atoms with Gasteiger partial charge >= 0.3 is 0 Å². The van der Waals surface area contributed by atoms with Gasteiger partial charge in [0.2, 0.25) is 0 Å². The molecule has 2 atom stereocenters. The number of nitrogens with zero attached hydrogens (tertiary/aromatic N) is 5. The van der Waals surface area contributed by atoms with Crippen LogP contribution in [0.25, 0.3) is 22.7 Å². The van der Waals surface area contributed by atoms with E-state index in [1.807, 2.05) is 23.9 Å². The van der Waals surface area contributed by atoms with Gasteiger partial charge < -0.3 is 15.0 Å². The van der Waals surface area contributed by atoms with Crippen molar-refractivity contribution in [2.24, 2.45) is 13.0 Å². The minimum atomic E-state index is -0.758. The van der Waals surface area contributed by atoms with Crippen molar-refractivity contribution in [1.29, 1.82) is 0 Å². The summed E-state index contributed by atoms with van der Waals surface area (Å²) in [7, 11) is 1.97. The molecule has 7 heteroatoms. The van der Waals surface area contributed by atoms with E-state index in [1.165, 1.54) is 24.8 Å². The van der Waals surface area contributed by atoms with Crippen LogP contribution in [0.4, 0.5) is 5.82 Å². The summed E-state index contributed by atoms with van der Waals surface area (Å²) in [6, 6.07) is 4.43. The molecule has 0 amide bonds. The van der Waals surface area contributed by atoms with Gasteiger partial charge in [0.05, 0.1) is 0 Å². The van der Waals surface area contributed by atoms with E-state index in [-0.39, 0.29) is 0 Å². The van der Waals surface area contributed by atoms with Crippen LogP contribution in [-0.4, -0.2) is 35.7 Å². The zero-order valence-corrected chi connectivity index (χ0v) is 17.8. The molecule has 29 heavy (non-hydrogen) atoms. The monoisotopic (exact) mass is 394 g/mol. The Morgan fingerprint density at radius 3 is 2.52 bits per heavy atom. The summed E-state index contributed by atoms with van der Waals surface area (Å²) in [5, 5.41) is 13.7. The second kappa shape index (κ2) is 7.71. The Labute approximate surface area is 171 Å². The zero-order chi connectivity index (χ0) is 20.7. The fourth-order valence-electron chi connectivity index (χ4n) is 3.85. The van der Waals surface area contributed by atoms with Crippen molar-refractivity contribution in [1.82, 2.24) is 24.5 Å². The highest BCUT2D eigenvalue weighted by Gasteiger charge is 2.26. The maximum atomic E-state index is 10.1. The molecule has 0 aliphatic heterocycles. The summed E-state index contributed by atoms with van der Waals surface area (Å²) in [5.41, 5.74) is 3.45. The lowest BCUT2D eigenvalue weighted by Crippen LogP contribution is -2.31. The fraction of sp³-hybridized carbons (Fsp3) is 0.545. The molecule has 2 unspecified atom stereocenters. The van der Waals surface area contributed by atoms with Crippen LogP contribution in [0.2, 0.25) is 0 Å². The summed E-state index contributed by atoms with van der Waals surface area (Å²) >= 11 is 0. The van der Waals surface area contributed by atoms with Gasteiger partial charge in [-0.3, -0.25) is 4.98 Å². The molecule has 1 aliphatic carbocycles. The van der Waals surface area contributed by atoms with Crippen molar-refractivity contribution in [2.75, 3.05) is 5.32 Å². The number of anilines is 1. The van der Waals surface area contributed by atoms with Crippen LogP contribution in [0.5, 0.6) is 0 Å². The SMILES string of the molecule is CC(C)c1ccnc(-c2nc3nc(C(C)O)nc(NC(C)C4CCC4)c3n2C)c1. The quantitative estimate of drug-likeness (QED) is 0.651. The van der Waals surface area contributed by atoms with Gasteiger partial charge in [-0.15, -0.1) is 0 Å². The molecule has 3 heterocycles. The summed E-state index contributed by atoms with van der Waals surface area (Å²) < 4.78 is 2.00. The Morgan fingerprint density at radius 2 is 1.90 bits per heavy atom. The van der Waals surface area contributed by atoms with Crippen LogP contribution in [0.3, 0.4) is 0 Å². The highest BCUT2D eigenvalue weighted by molar-refractivity contribution is 5.86. The lowest BCUT2D eigenvalue weighted by Gasteiger charge is -2.32. The van der Waals surface area contributed by atoms with E-state index in [2.05, 4.69) is 47.1 Å². The van der Waals surface area contributed by atoms with Crippen molar-refractivity contribution < 1.29 is 5.11 Å². The highest BCUT2D eigenvalue weighted by atomic mass is 16.3. The standard InChI is InChI=1S/C22H30N6O/c1-12(2)16-9-10-23-17(11-16)22-27-21-18(28(22)5)20(25-19(26-21)14(4)29)24-13(3)15-7-6-8-15/h9-15,29H,6-8H2,1-5H3,(H,24,25,26). The Bertz CT molecular complexity index is 1020. The van der Waals surface area contributed by atoms with E-state index in [0.29, 0.717) is 29.3 Å². The number of nitrogens with one attached hydrogen (secondary N) is 1. The number of fused-ring (bicyclic) bond motifs is 1. The van der Waals surface area contributed by atoms with Crippen LogP contribution in [-0.2, 0) is 7.05 Å². The molecule has 1 fully saturated rings. The number of rotatable bonds is 6. The zero-order valence-electron chi connectivity index (χ0n) is 17.8. The van der Waals surface area contributed by atoms with E-state index in [9.17, 15) is 5.11 Å². The molecule has 1 aliphatic rings. The predicted octanol–water partition coefficient (Wildman–Crippen LogP) is 4.20. The van der Waals surface area contributed by atoms with Gasteiger partial charge in [-0.2, -0.15) is 0 Å². The lowest BCUT2D eigenvalue weighted by atomic mass is 9.80. The Kier molecular flexibility index (Phi) is 5.25. The molecule has 7 nitrogen and oxygen atoms in total.